The average Bonchev–Trinajstić information content (AvgIpc) is 0.758. The lowest BCUT2D eigenvalue weighted by molar-refractivity contribution is -0.154. The second-order valence-corrected chi connectivity index (χ2v) is 84.8. The van der Waals surface area contributed by atoms with Crippen molar-refractivity contribution in [2.24, 2.45) is 21.7 Å². The summed E-state index contributed by atoms with van der Waals surface area (Å²) in [4.78, 5) is 11.2. The number of hydrogen-bond donors (Lipinski definition) is 0. The molecule has 0 aromatic heterocycles. The highest BCUT2D eigenvalue weighted by molar-refractivity contribution is 7.03. The number of esters is 1. The molecule has 4 rings (SSSR count). The summed E-state index contributed by atoms with van der Waals surface area (Å²) in [6.07, 6.45) is 5.36. The van der Waals surface area contributed by atoms with Gasteiger partial charge in [0, 0.05) is 0 Å². The first-order valence-corrected chi connectivity index (χ1v) is 71.4. The van der Waals surface area contributed by atoms with Gasteiger partial charge in [0.05, 0.1) is 12.0 Å². The third-order valence-electron chi connectivity index (χ3n) is 15.9. The maximum atomic E-state index is 11.2. The maximum absolute atomic E-state index is 11.2. The Morgan fingerprint density at radius 2 is 0.537 bits per heavy atom. The van der Waals surface area contributed by atoms with Crippen LogP contribution in [0.3, 0.4) is 0 Å². The average molecular weight is 1730 g/mol. The van der Waals surface area contributed by atoms with Gasteiger partial charge in [-0.15, -0.1) is 0 Å². The van der Waals surface area contributed by atoms with Gasteiger partial charge in [-0.25, -0.2) is 0 Å². The zero-order chi connectivity index (χ0) is 75.8. The van der Waals surface area contributed by atoms with Crippen LogP contribution in [0.5, 0.6) is 0 Å². The molecule has 108 heavy (non-hydrogen) atoms. The Bertz CT molecular complexity index is 2600. The molecule has 0 bridgehead atoms. The van der Waals surface area contributed by atoms with Gasteiger partial charge in [0.1, 0.15) is 0 Å². The van der Waals surface area contributed by atoms with Crippen molar-refractivity contribution < 1.29 is 42.5 Å². The predicted molar refractivity (Wildman–Crippen MR) is 530 cm³/mol. The monoisotopic (exact) mass is 1720 g/mol. The van der Waals surface area contributed by atoms with Crippen molar-refractivity contribution in [2.75, 3.05) is 6.61 Å². The minimum absolute atomic E-state index is 0. The van der Waals surface area contributed by atoms with Gasteiger partial charge < -0.3 is 37.7 Å². The van der Waals surface area contributed by atoms with Crippen LogP contribution in [-0.2, 0) is 42.5 Å². The quantitative estimate of drug-likeness (QED) is 0.0339. The van der Waals surface area contributed by atoms with Gasteiger partial charge in [-0.3, -0.25) is 4.79 Å². The molecule has 0 aliphatic heterocycles. The first-order valence-electron chi connectivity index (χ1n) is 36.5. The van der Waals surface area contributed by atoms with Gasteiger partial charge in [0.15, 0.2) is 58.2 Å². The van der Waals surface area contributed by atoms with Crippen LogP contribution in [0.1, 0.15) is 204 Å². The molecule has 4 aromatic rings. The molecule has 0 radical (unpaired) electrons. The van der Waals surface area contributed by atoms with Crippen LogP contribution < -0.4 is 20.7 Å². The highest BCUT2D eigenvalue weighted by atomic mass is 28.5. The lowest BCUT2D eigenvalue weighted by Crippen LogP contribution is -2.70. The summed E-state index contributed by atoms with van der Waals surface area (Å²) in [5, 5.41) is 4.86. The lowest BCUT2D eigenvalue weighted by Gasteiger charge is -2.40. The molecule has 10 nitrogen and oxygen atoms in total. The normalized spacial score (nSPS) is 12.2. The molecule has 22 heteroatoms. The summed E-state index contributed by atoms with van der Waals surface area (Å²) >= 11 is 0. The summed E-state index contributed by atoms with van der Waals surface area (Å²) in [6, 6.07) is 46.2. The van der Waals surface area contributed by atoms with Crippen molar-refractivity contribution >= 4 is 128 Å². The Morgan fingerprint density at radius 1 is 0.315 bits per heavy atom. The van der Waals surface area contributed by atoms with Crippen LogP contribution in [0.2, 0.25) is 175 Å². The fraction of sp³-hybridized carbons (Fsp3) is 0.709. The SMILES string of the molecule is C.C.C.C.C.C.C.C.C.C.C.CCC(C)(C)C[Si](C)(C)O[Si](C)(C)O[Si](C)(C)C.CCC(C)(C)C[Si](C)(C)O[Si](C)(C)O[Si](C)(C)C.CCC(C)(C)C[Si](C)(C)O[Si](C)(C)O[Si](C)(C)C.CCCOC(=O)C(C)(C)CC.C[Si](C)(C)O[Si](O[SiH](c1ccccc1)c1ccccc1)(c1ccccc1)c1ccccc1. The third-order valence-corrected chi connectivity index (χ3v) is 57.2. The zero-order valence-corrected chi connectivity index (χ0v) is 81.7. The van der Waals surface area contributed by atoms with Crippen LogP contribution in [-0.4, -0.2) is 114 Å². The van der Waals surface area contributed by atoms with Gasteiger partial charge in [0.25, 0.3) is 0 Å². The van der Waals surface area contributed by atoms with Crippen LogP contribution in [0.4, 0.5) is 0 Å². The molecule has 4 aromatic carbocycles. The molecular weight excluding hydrogens is 1530 g/mol. The third kappa shape index (κ3) is 59.3. The van der Waals surface area contributed by atoms with E-state index in [0.29, 0.717) is 22.9 Å². The van der Waals surface area contributed by atoms with E-state index in [9.17, 15) is 4.79 Å². The van der Waals surface area contributed by atoms with Crippen LogP contribution in [0.15, 0.2) is 121 Å². The van der Waals surface area contributed by atoms with Crippen molar-refractivity contribution in [3.8, 4) is 0 Å². The van der Waals surface area contributed by atoms with Crippen LogP contribution in [0.25, 0.3) is 0 Å². The first-order chi connectivity index (χ1) is 43.6. The number of rotatable bonds is 33. The summed E-state index contributed by atoms with van der Waals surface area (Å²) in [5.41, 5.74) is 0.854. The summed E-state index contributed by atoms with van der Waals surface area (Å²) < 4.78 is 58.1. The molecule has 0 aliphatic rings. The van der Waals surface area contributed by atoms with E-state index >= 15 is 0 Å². The fourth-order valence-corrected chi connectivity index (χ4v) is 68.2. The minimum Gasteiger partial charge on any atom is -0.465 e. The van der Waals surface area contributed by atoms with E-state index in [1.807, 2.05) is 27.7 Å². The summed E-state index contributed by atoms with van der Waals surface area (Å²) in [5.74, 6) is -0.0816. The molecule has 0 amide bonds. The first kappa shape index (κ1) is 133. The standard InChI is InChI=1S/C27H30O2Si3.3C13H34O2Si3.C9H18O2.11CH4/c1-31(2,3)29-32(26-20-12-6-13-21-26,27-22-14-7-15-23-27)28-30(24-16-8-4-9-17-24)25-18-10-5-11-19-25;3*1-11-13(2,3)12-17(7,8)15-18(9,10)14-16(4,5)6;1-5-7-11-8(10)9(3,4)6-2;;;;;;;;;;;/h4-23,30H,1-3H3;3*11-12H2,1-10H3;5-7H2,1-4H3;11*1H4. The number of benzene rings is 4. The number of hydrogen-bond acceptors (Lipinski definition) is 10. The Kier molecular flexibility index (Phi) is 68.0. The van der Waals surface area contributed by atoms with Crippen LogP contribution >= 0.6 is 0 Å². The van der Waals surface area contributed by atoms with Crippen molar-refractivity contribution in [2.45, 2.75) is 379 Å². The highest BCUT2D eigenvalue weighted by Gasteiger charge is 2.49. The van der Waals surface area contributed by atoms with Gasteiger partial charge in [-0.2, -0.15) is 0 Å². The van der Waals surface area contributed by atoms with Crippen molar-refractivity contribution in [3.63, 3.8) is 0 Å². The molecule has 0 saturated heterocycles. The molecule has 0 fully saturated rings. The Hall–Kier alpha value is -1.37. The Morgan fingerprint density at radius 3 is 0.731 bits per heavy atom. The smallest absolute Gasteiger partial charge is 0.386 e. The lowest BCUT2D eigenvalue weighted by atomic mass is 9.91. The van der Waals surface area contributed by atoms with Crippen LogP contribution in [0, 0.1) is 21.7 Å². The summed E-state index contributed by atoms with van der Waals surface area (Å²) in [6.45, 7) is 83.5. The molecule has 0 N–H and O–H groups in total. The molecule has 0 unspecified atom stereocenters. The second kappa shape index (κ2) is 55.3. The number of carbonyl (C=O) groups excluding carboxylic acids is 1. The Balaban J connectivity index is -0.000000109. The van der Waals surface area contributed by atoms with Gasteiger partial charge in [-0.05, 0) is 239 Å². The number of ether oxygens (including phenoxy) is 1. The molecule has 0 aliphatic carbocycles. The molecule has 0 heterocycles. The highest BCUT2D eigenvalue weighted by Crippen LogP contribution is 2.37. The van der Waals surface area contributed by atoms with Gasteiger partial charge >= 0.3 is 40.2 Å². The van der Waals surface area contributed by atoms with E-state index in [-0.39, 0.29) is 93.1 Å². The van der Waals surface area contributed by atoms with E-state index in [4.69, 9.17) is 37.7 Å². The molecule has 0 atom stereocenters. The van der Waals surface area contributed by atoms with Crippen molar-refractivity contribution in [3.05, 3.63) is 121 Å². The largest absolute Gasteiger partial charge is 0.465 e. The zero-order valence-electron chi connectivity index (χ0n) is 69.6. The molecular formula is C86H194O10Si12. The second-order valence-electron chi connectivity index (χ2n) is 36.8. The van der Waals surface area contributed by atoms with E-state index in [1.165, 1.54) is 47.8 Å². The molecule has 646 valence electrons. The van der Waals surface area contributed by atoms with E-state index in [0.717, 1.165) is 23.2 Å². The van der Waals surface area contributed by atoms with Crippen molar-refractivity contribution in [1.82, 2.24) is 0 Å². The van der Waals surface area contributed by atoms with E-state index in [2.05, 4.69) is 341 Å². The predicted octanol–water partition coefficient (Wildman–Crippen LogP) is 28.6. The number of carbonyl (C=O) groups is 1. The Labute approximate surface area is 694 Å². The van der Waals surface area contributed by atoms with E-state index < -0.39 is 102 Å². The summed E-state index contributed by atoms with van der Waals surface area (Å²) in [7, 11) is -22.3. The topological polar surface area (TPSA) is 100 Å². The van der Waals surface area contributed by atoms with E-state index in [1.54, 1.807) is 0 Å². The van der Waals surface area contributed by atoms with Gasteiger partial charge in [-0.1, -0.05) is 298 Å². The molecule has 0 saturated carbocycles. The maximum Gasteiger partial charge on any atom is 0.386 e. The molecule has 0 spiro atoms. The fourth-order valence-electron chi connectivity index (χ4n) is 12.7. The van der Waals surface area contributed by atoms with Crippen molar-refractivity contribution in [1.29, 1.82) is 0 Å². The minimum atomic E-state index is -2.99. The van der Waals surface area contributed by atoms with Gasteiger partial charge in [0.2, 0.25) is 9.04 Å².